The lowest BCUT2D eigenvalue weighted by atomic mass is 9.88. The van der Waals surface area contributed by atoms with Crippen molar-refractivity contribution < 1.29 is 8.42 Å². The quantitative estimate of drug-likeness (QED) is 0.815. The van der Waals surface area contributed by atoms with Gasteiger partial charge in [0.05, 0.1) is 5.75 Å². The Bertz CT molecular complexity index is 597. The maximum absolute atomic E-state index is 12.2. The molecule has 2 rings (SSSR count). The maximum Gasteiger partial charge on any atom is 0.216 e. The van der Waals surface area contributed by atoms with Gasteiger partial charge in [0.25, 0.3) is 0 Å². The zero-order valence-corrected chi connectivity index (χ0v) is 13.8. The Balaban J connectivity index is 1.98. The first kappa shape index (κ1) is 16.4. The van der Waals surface area contributed by atoms with Gasteiger partial charge < -0.3 is 5.73 Å². The zero-order valence-electron chi connectivity index (χ0n) is 12.2. The highest BCUT2D eigenvalue weighted by Crippen LogP contribution is 2.24. The summed E-state index contributed by atoms with van der Waals surface area (Å²) in [7, 11) is -3.30. The maximum atomic E-state index is 12.2. The first-order valence-electron chi connectivity index (χ1n) is 7.24. The molecule has 0 aromatic heterocycles. The van der Waals surface area contributed by atoms with E-state index in [1.807, 2.05) is 0 Å². The van der Waals surface area contributed by atoms with E-state index in [4.69, 9.17) is 18.0 Å². The zero-order chi connectivity index (χ0) is 15.5. The van der Waals surface area contributed by atoms with Gasteiger partial charge in [-0.25, -0.2) is 13.1 Å². The fourth-order valence-electron chi connectivity index (χ4n) is 2.82. The van der Waals surface area contributed by atoms with Crippen LogP contribution in [0, 0.1) is 5.92 Å². The number of thiocarbonyl (C=S) groups is 1. The second-order valence-corrected chi connectivity index (χ2v) is 8.10. The number of benzene rings is 1. The Morgan fingerprint density at radius 2 is 2.00 bits per heavy atom. The molecule has 3 N–H and O–H groups in total. The first-order valence-corrected chi connectivity index (χ1v) is 9.30. The van der Waals surface area contributed by atoms with Crippen LogP contribution in [0.4, 0.5) is 0 Å². The van der Waals surface area contributed by atoms with Crippen LogP contribution >= 0.6 is 12.2 Å². The smallest absolute Gasteiger partial charge is 0.216 e. The van der Waals surface area contributed by atoms with Crippen molar-refractivity contribution in [2.24, 2.45) is 11.7 Å². The number of hydrogen-bond donors (Lipinski definition) is 2. The van der Waals surface area contributed by atoms with Crippen molar-refractivity contribution in [2.45, 2.75) is 44.4 Å². The summed E-state index contributed by atoms with van der Waals surface area (Å²) >= 11 is 4.88. The molecule has 116 valence electrons. The van der Waals surface area contributed by atoms with Gasteiger partial charge in [-0.15, -0.1) is 0 Å². The van der Waals surface area contributed by atoms with Gasteiger partial charge >= 0.3 is 0 Å². The first-order chi connectivity index (χ1) is 9.85. The predicted molar refractivity (Wildman–Crippen MR) is 89.5 cm³/mol. The molecule has 1 aliphatic carbocycles. The topological polar surface area (TPSA) is 72.2 Å². The van der Waals surface area contributed by atoms with Crippen LogP contribution in [0.15, 0.2) is 24.3 Å². The molecule has 0 aliphatic heterocycles. The molecule has 1 fully saturated rings. The number of nitrogens with one attached hydrogen (secondary N) is 1. The molecule has 0 radical (unpaired) electrons. The number of hydrogen-bond acceptors (Lipinski definition) is 3. The largest absolute Gasteiger partial charge is 0.389 e. The van der Waals surface area contributed by atoms with E-state index >= 15 is 0 Å². The summed E-state index contributed by atoms with van der Waals surface area (Å²) in [5.41, 5.74) is 7.02. The second-order valence-electron chi connectivity index (χ2n) is 5.91. The summed E-state index contributed by atoms with van der Waals surface area (Å²) in [6.07, 6.45) is 4.15. The summed E-state index contributed by atoms with van der Waals surface area (Å²) in [5.74, 6) is 0.589. The molecule has 4 nitrogen and oxygen atoms in total. The second kappa shape index (κ2) is 6.85. The molecule has 1 aromatic carbocycles. The van der Waals surface area contributed by atoms with Gasteiger partial charge in [0.15, 0.2) is 0 Å². The summed E-state index contributed by atoms with van der Waals surface area (Å²) in [6.45, 7) is 2.18. The van der Waals surface area contributed by atoms with Crippen LogP contribution in [0.3, 0.4) is 0 Å². The van der Waals surface area contributed by atoms with Gasteiger partial charge in [-0.1, -0.05) is 56.2 Å². The van der Waals surface area contributed by atoms with E-state index in [0.29, 0.717) is 10.9 Å². The molecule has 1 aromatic rings. The molecule has 2 unspecified atom stereocenters. The molecule has 0 bridgehead atoms. The van der Waals surface area contributed by atoms with Crippen LogP contribution in [0.1, 0.15) is 43.7 Å². The number of sulfonamides is 1. The Hall–Kier alpha value is -0.980. The van der Waals surface area contributed by atoms with Crippen molar-refractivity contribution in [3.05, 3.63) is 35.4 Å². The third kappa shape index (κ3) is 5.05. The SMILES string of the molecule is CC1CCCC(NS(=O)(=O)Cc2ccc(C(N)=S)cc2)C1. The minimum Gasteiger partial charge on any atom is -0.389 e. The van der Waals surface area contributed by atoms with Gasteiger partial charge in [-0.05, 0) is 24.3 Å². The lowest BCUT2D eigenvalue weighted by Crippen LogP contribution is -2.38. The summed E-state index contributed by atoms with van der Waals surface area (Å²) in [4.78, 5) is 0.318. The predicted octanol–water partition coefficient (Wildman–Crippen LogP) is 2.32. The van der Waals surface area contributed by atoms with Gasteiger partial charge in [0.1, 0.15) is 4.99 Å². The summed E-state index contributed by atoms with van der Waals surface area (Å²) < 4.78 is 27.3. The molecular formula is C15H22N2O2S2. The van der Waals surface area contributed by atoms with Gasteiger partial charge in [0, 0.05) is 11.6 Å². The Morgan fingerprint density at radius 1 is 1.33 bits per heavy atom. The highest BCUT2D eigenvalue weighted by Gasteiger charge is 2.23. The Morgan fingerprint density at radius 3 is 2.57 bits per heavy atom. The van der Waals surface area contributed by atoms with Crippen molar-refractivity contribution in [3.8, 4) is 0 Å². The standard InChI is InChI=1S/C15H22N2O2S2/c1-11-3-2-4-14(9-11)17-21(18,19)10-12-5-7-13(8-6-12)15(16)20/h5-8,11,14,17H,2-4,9-10H2,1H3,(H2,16,20). The molecule has 0 heterocycles. The minimum absolute atomic E-state index is 0.00447. The molecular weight excluding hydrogens is 304 g/mol. The van der Waals surface area contributed by atoms with Gasteiger partial charge in [0.2, 0.25) is 10.0 Å². The molecule has 1 saturated carbocycles. The van der Waals surface area contributed by atoms with Crippen LogP contribution in [0.5, 0.6) is 0 Å². The van der Waals surface area contributed by atoms with Crippen molar-refractivity contribution in [1.82, 2.24) is 4.72 Å². The minimum atomic E-state index is -3.30. The summed E-state index contributed by atoms with van der Waals surface area (Å²) in [6, 6.07) is 7.12. The van der Waals surface area contributed by atoms with Crippen molar-refractivity contribution >= 4 is 27.2 Å². The molecule has 2 atom stereocenters. The third-order valence-electron chi connectivity index (χ3n) is 3.88. The van der Waals surface area contributed by atoms with E-state index in [9.17, 15) is 8.42 Å². The Labute approximate surface area is 132 Å². The highest BCUT2D eigenvalue weighted by molar-refractivity contribution is 7.88. The molecule has 21 heavy (non-hydrogen) atoms. The average Bonchev–Trinajstić information content (AvgIpc) is 2.38. The lowest BCUT2D eigenvalue weighted by molar-refractivity contribution is 0.327. The van der Waals surface area contributed by atoms with Crippen LogP contribution in [0.25, 0.3) is 0 Å². The normalized spacial score (nSPS) is 22.9. The Kier molecular flexibility index (Phi) is 5.35. The van der Waals surface area contributed by atoms with Crippen molar-refractivity contribution in [1.29, 1.82) is 0 Å². The molecule has 6 heteroatoms. The highest BCUT2D eigenvalue weighted by atomic mass is 32.2. The number of nitrogens with two attached hydrogens (primary N) is 1. The molecule has 0 spiro atoms. The molecule has 0 saturated heterocycles. The van der Waals surface area contributed by atoms with E-state index in [0.717, 1.165) is 30.4 Å². The van der Waals surface area contributed by atoms with E-state index in [-0.39, 0.29) is 11.8 Å². The van der Waals surface area contributed by atoms with Crippen LogP contribution in [0.2, 0.25) is 0 Å². The van der Waals surface area contributed by atoms with Gasteiger partial charge in [-0.3, -0.25) is 0 Å². The van der Waals surface area contributed by atoms with E-state index in [1.165, 1.54) is 6.42 Å². The van der Waals surface area contributed by atoms with Crippen LogP contribution < -0.4 is 10.5 Å². The monoisotopic (exact) mass is 326 g/mol. The van der Waals surface area contributed by atoms with E-state index < -0.39 is 10.0 Å². The van der Waals surface area contributed by atoms with Gasteiger partial charge in [-0.2, -0.15) is 0 Å². The average molecular weight is 326 g/mol. The fraction of sp³-hybridized carbons (Fsp3) is 0.533. The summed E-state index contributed by atoms with van der Waals surface area (Å²) in [5, 5.41) is 0. The molecule has 1 aliphatic rings. The van der Waals surface area contributed by atoms with Crippen molar-refractivity contribution in [3.63, 3.8) is 0 Å². The van der Waals surface area contributed by atoms with E-state index in [1.54, 1.807) is 24.3 Å². The number of rotatable bonds is 5. The van der Waals surface area contributed by atoms with E-state index in [2.05, 4.69) is 11.6 Å². The molecule has 0 amide bonds. The third-order valence-corrected chi connectivity index (χ3v) is 5.52. The fourth-order valence-corrected chi connectivity index (χ4v) is 4.39. The lowest BCUT2D eigenvalue weighted by Gasteiger charge is -2.27. The van der Waals surface area contributed by atoms with Crippen LogP contribution in [-0.4, -0.2) is 19.4 Å². The van der Waals surface area contributed by atoms with Crippen molar-refractivity contribution in [2.75, 3.05) is 0 Å². The van der Waals surface area contributed by atoms with Crippen LogP contribution in [-0.2, 0) is 15.8 Å².